The maximum Gasteiger partial charge on any atom is 0.120 e. The molecule has 0 aliphatic heterocycles. The second-order valence-corrected chi connectivity index (χ2v) is 4.35. The average Bonchev–Trinajstić information content (AvgIpc) is 2.37. The third-order valence-electron chi connectivity index (χ3n) is 2.56. The Morgan fingerprint density at radius 3 is 2.67 bits per heavy atom. The largest absolute Gasteiger partial charge is 0.490 e. The minimum Gasteiger partial charge on any atom is -0.490 e. The van der Waals surface area contributed by atoms with Crippen molar-refractivity contribution >= 4 is 17.3 Å². The number of hydrogen-bond acceptors (Lipinski definition) is 3. The normalized spacial score (nSPS) is 12.1. The molecule has 0 saturated heterocycles. The Morgan fingerprint density at radius 1 is 1.17 bits per heavy atom. The SMILES string of the molecule is Nc1ccccc1C(O)COc1cccc(Cl)c1. The molecule has 2 rings (SSSR count). The summed E-state index contributed by atoms with van der Waals surface area (Å²) in [6, 6.07) is 14.2. The Kier molecular flexibility index (Phi) is 4.07. The van der Waals surface area contributed by atoms with Gasteiger partial charge in [0.15, 0.2) is 0 Å². The van der Waals surface area contributed by atoms with Crippen LogP contribution in [0.4, 0.5) is 5.69 Å². The molecular weight excluding hydrogens is 250 g/mol. The molecule has 0 fully saturated rings. The first-order chi connectivity index (χ1) is 8.66. The lowest BCUT2D eigenvalue weighted by Crippen LogP contribution is -2.11. The van der Waals surface area contributed by atoms with E-state index in [9.17, 15) is 5.11 Å². The molecule has 94 valence electrons. The van der Waals surface area contributed by atoms with Crippen LogP contribution >= 0.6 is 11.6 Å². The predicted molar refractivity (Wildman–Crippen MR) is 72.8 cm³/mol. The van der Waals surface area contributed by atoms with Crippen molar-refractivity contribution in [2.45, 2.75) is 6.10 Å². The monoisotopic (exact) mass is 263 g/mol. The van der Waals surface area contributed by atoms with E-state index in [1.807, 2.05) is 12.1 Å². The summed E-state index contributed by atoms with van der Waals surface area (Å²) in [5.41, 5.74) is 7.00. The lowest BCUT2D eigenvalue weighted by molar-refractivity contribution is 0.109. The molecule has 1 unspecified atom stereocenters. The van der Waals surface area contributed by atoms with Crippen molar-refractivity contribution in [1.82, 2.24) is 0 Å². The number of nitrogen functional groups attached to an aromatic ring is 1. The van der Waals surface area contributed by atoms with Gasteiger partial charge in [-0.3, -0.25) is 0 Å². The molecule has 0 radical (unpaired) electrons. The summed E-state index contributed by atoms with van der Waals surface area (Å²) in [5, 5.41) is 10.6. The standard InChI is InChI=1S/C14H14ClNO2/c15-10-4-3-5-11(8-10)18-9-14(17)12-6-1-2-7-13(12)16/h1-8,14,17H,9,16H2. The third kappa shape index (κ3) is 3.15. The van der Waals surface area contributed by atoms with Gasteiger partial charge in [-0.2, -0.15) is 0 Å². The number of benzene rings is 2. The molecule has 0 aliphatic carbocycles. The van der Waals surface area contributed by atoms with Crippen molar-refractivity contribution in [3.05, 3.63) is 59.1 Å². The number of anilines is 1. The second-order valence-electron chi connectivity index (χ2n) is 3.91. The van der Waals surface area contributed by atoms with Crippen LogP contribution in [0.2, 0.25) is 5.02 Å². The Balaban J connectivity index is 2.00. The summed E-state index contributed by atoms with van der Waals surface area (Å²) < 4.78 is 5.47. The maximum absolute atomic E-state index is 9.99. The first kappa shape index (κ1) is 12.7. The summed E-state index contributed by atoms with van der Waals surface area (Å²) in [6.07, 6.45) is -0.759. The zero-order valence-corrected chi connectivity index (χ0v) is 10.5. The third-order valence-corrected chi connectivity index (χ3v) is 2.79. The minimum absolute atomic E-state index is 0.133. The Bertz CT molecular complexity index is 531. The topological polar surface area (TPSA) is 55.5 Å². The van der Waals surface area contributed by atoms with Gasteiger partial charge >= 0.3 is 0 Å². The van der Waals surface area contributed by atoms with Crippen LogP contribution in [0.25, 0.3) is 0 Å². The fraction of sp³-hybridized carbons (Fsp3) is 0.143. The first-order valence-electron chi connectivity index (χ1n) is 5.57. The molecule has 3 nitrogen and oxygen atoms in total. The molecule has 18 heavy (non-hydrogen) atoms. The van der Waals surface area contributed by atoms with Crippen molar-refractivity contribution in [2.75, 3.05) is 12.3 Å². The number of ether oxygens (including phenoxy) is 1. The van der Waals surface area contributed by atoms with Crippen molar-refractivity contribution in [3.63, 3.8) is 0 Å². The van der Waals surface area contributed by atoms with E-state index in [2.05, 4.69) is 0 Å². The summed E-state index contributed by atoms with van der Waals surface area (Å²) in [5.74, 6) is 0.621. The van der Waals surface area contributed by atoms with Gasteiger partial charge in [-0.15, -0.1) is 0 Å². The number of para-hydroxylation sites is 1. The highest BCUT2D eigenvalue weighted by atomic mass is 35.5. The molecule has 0 bridgehead atoms. The predicted octanol–water partition coefficient (Wildman–Crippen LogP) is 3.03. The van der Waals surface area contributed by atoms with E-state index in [0.717, 1.165) is 0 Å². The molecule has 0 aromatic heterocycles. The number of aliphatic hydroxyl groups excluding tert-OH is 1. The first-order valence-corrected chi connectivity index (χ1v) is 5.95. The van der Waals surface area contributed by atoms with Crippen LogP contribution in [0, 0.1) is 0 Å². The van der Waals surface area contributed by atoms with Gasteiger partial charge in [0.1, 0.15) is 18.5 Å². The van der Waals surface area contributed by atoms with Gasteiger partial charge in [-0.25, -0.2) is 0 Å². The van der Waals surface area contributed by atoms with Gasteiger partial charge in [0, 0.05) is 16.3 Å². The van der Waals surface area contributed by atoms with Crippen molar-refractivity contribution in [3.8, 4) is 5.75 Å². The zero-order chi connectivity index (χ0) is 13.0. The van der Waals surface area contributed by atoms with E-state index in [4.69, 9.17) is 22.1 Å². The molecule has 0 aliphatic rings. The molecule has 0 saturated carbocycles. The van der Waals surface area contributed by atoms with Crippen LogP contribution in [-0.4, -0.2) is 11.7 Å². The summed E-state index contributed by atoms with van der Waals surface area (Å²) in [7, 11) is 0. The molecule has 2 aromatic carbocycles. The van der Waals surface area contributed by atoms with Gasteiger partial charge < -0.3 is 15.6 Å². The van der Waals surface area contributed by atoms with Crippen LogP contribution in [0.1, 0.15) is 11.7 Å². The van der Waals surface area contributed by atoms with E-state index in [1.54, 1.807) is 36.4 Å². The molecular formula is C14H14ClNO2. The van der Waals surface area contributed by atoms with E-state index in [0.29, 0.717) is 22.0 Å². The van der Waals surface area contributed by atoms with Gasteiger partial charge in [-0.05, 0) is 24.3 Å². The average molecular weight is 264 g/mol. The maximum atomic E-state index is 9.99. The number of halogens is 1. The quantitative estimate of drug-likeness (QED) is 0.834. The van der Waals surface area contributed by atoms with Crippen LogP contribution in [0.3, 0.4) is 0 Å². The molecule has 0 amide bonds. The number of nitrogens with two attached hydrogens (primary N) is 1. The van der Waals surface area contributed by atoms with E-state index in [-0.39, 0.29) is 6.61 Å². The summed E-state index contributed by atoms with van der Waals surface area (Å²) in [4.78, 5) is 0. The van der Waals surface area contributed by atoms with Crippen LogP contribution in [0.15, 0.2) is 48.5 Å². The van der Waals surface area contributed by atoms with Crippen LogP contribution in [0.5, 0.6) is 5.75 Å². The van der Waals surface area contributed by atoms with Gasteiger partial charge in [0.05, 0.1) is 0 Å². The molecule has 0 spiro atoms. The molecule has 0 heterocycles. The van der Waals surface area contributed by atoms with E-state index in [1.165, 1.54) is 0 Å². The number of aliphatic hydroxyl groups is 1. The molecule has 4 heteroatoms. The zero-order valence-electron chi connectivity index (χ0n) is 9.71. The summed E-state index contributed by atoms with van der Waals surface area (Å²) in [6.45, 7) is 0.133. The molecule has 1 atom stereocenters. The Morgan fingerprint density at radius 2 is 1.94 bits per heavy atom. The molecule has 3 N–H and O–H groups in total. The number of hydrogen-bond donors (Lipinski definition) is 2. The van der Waals surface area contributed by atoms with Crippen LogP contribution in [-0.2, 0) is 0 Å². The second kappa shape index (κ2) is 5.76. The highest BCUT2D eigenvalue weighted by Crippen LogP contribution is 2.22. The van der Waals surface area contributed by atoms with Gasteiger partial charge in [-0.1, -0.05) is 35.9 Å². The van der Waals surface area contributed by atoms with Crippen molar-refractivity contribution in [2.24, 2.45) is 0 Å². The van der Waals surface area contributed by atoms with E-state index < -0.39 is 6.10 Å². The fourth-order valence-electron chi connectivity index (χ4n) is 1.64. The lowest BCUT2D eigenvalue weighted by atomic mass is 10.1. The fourth-order valence-corrected chi connectivity index (χ4v) is 1.82. The van der Waals surface area contributed by atoms with Crippen LogP contribution < -0.4 is 10.5 Å². The molecule has 2 aromatic rings. The highest BCUT2D eigenvalue weighted by Gasteiger charge is 2.11. The minimum atomic E-state index is -0.759. The van der Waals surface area contributed by atoms with Gasteiger partial charge in [0.2, 0.25) is 0 Å². The Hall–Kier alpha value is -1.71. The smallest absolute Gasteiger partial charge is 0.120 e. The summed E-state index contributed by atoms with van der Waals surface area (Å²) >= 11 is 5.84. The highest BCUT2D eigenvalue weighted by molar-refractivity contribution is 6.30. The number of rotatable bonds is 4. The van der Waals surface area contributed by atoms with Crippen molar-refractivity contribution < 1.29 is 9.84 Å². The van der Waals surface area contributed by atoms with E-state index >= 15 is 0 Å². The van der Waals surface area contributed by atoms with Crippen molar-refractivity contribution in [1.29, 1.82) is 0 Å². The Labute approximate surface area is 111 Å². The van der Waals surface area contributed by atoms with Gasteiger partial charge in [0.25, 0.3) is 0 Å². The lowest BCUT2D eigenvalue weighted by Gasteiger charge is -2.14.